The Morgan fingerprint density at radius 2 is 1.70 bits per heavy atom. The zero-order valence-corrected chi connectivity index (χ0v) is 17.8. The predicted molar refractivity (Wildman–Crippen MR) is 115 cm³/mol. The van der Waals surface area contributed by atoms with E-state index in [1.807, 2.05) is 4.90 Å². The lowest BCUT2D eigenvalue weighted by molar-refractivity contribution is -0.132. The summed E-state index contributed by atoms with van der Waals surface area (Å²) in [5, 5.41) is 12.0. The molecule has 0 radical (unpaired) electrons. The topological polar surface area (TPSA) is 70.4 Å². The number of carbonyl (C=O) groups excluding carboxylic acids is 1. The number of nitrogens with zero attached hydrogens (tertiary/aromatic N) is 7. The molecular weight excluding hydrogens is 378 g/mol. The minimum Gasteiger partial charge on any atom is -0.340 e. The van der Waals surface area contributed by atoms with Crippen LogP contribution in [0.1, 0.15) is 37.1 Å². The van der Waals surface area contributed by atoms with E-state index in [1.165, 1.54) is 18.4 Å². The Hall–Kier alpha value is -2.32. The first-order valence-electron chi connectivity index (χ1n) is 11.3. The summed E-state index contributed by atoms with van der Waals surface area (Å²) in [4.78, 5) is 19.7. The molecule has 0 N–H and O–H groups in total. The Kier molecular flexibility index (Phi) is 7.42. The number of carbonyl (C=O) groups is 1. The number of benzene rings is 1. The van der Waals surface area contributed by atoms with Gasteiger partial charge in [-0.2, -0.15) is 0 Å². The van der Waals surface area contributed by atoms with Gasteiger partial charge in [-0.15, -0.1) is 5.10 Å². The number of likely N-dealkylation sites (tertiary alicyclic amines) is 1. The first-order valence-corrected chi connectivity index (χ1v) is 11.3. The van der Waals surface area contributed by atoms with Gasteiger partial charge in [0.05, 0.1) is 6.54 Å². The van der Waals surface area contributed by atoms with E-state index < -0.39 is 0 Å². The van der Waals surface area contributed by atoms with Crippen molar-refractivity contribution in [2.45, 2.75) is 45.2 Å². The van der Waals surface area contributed by atoms with Crippen molar-refractivity contribution in [3.63, 3.8) is 0 Å². The smallest absolute Gasteiger partial charge is 0.244 e. The lowest BCUT2D eigenvalue weighted by atomic mass is 10.1. The largest absolute Gasteiger partial charge is 0.340 e. The molecule has 0 aliphatic carbocycles. The Bertz CT molecular complexity index is 788. The van der Waals surface area contributed by atoms with Crippen LogP contribution >= 0.6 is 0 Å². The summed E-state index contributed by atoms with van der Waals surface area (Å²) < 4.78 is 1.68. The third kappa shape index (κ3) is 5.86. The van der Waals surface area contributed by atoms with Gasteiger partial charge in [0.1, 0.15) is 6.54 Å². The number of hydrogen-bond donors (Lipinski definition) is 0. The minimum atomic E-state index is 0.121. The number of aromatic nitrogens is 4. The van der Waals surface area contributed by atoms with Gasteiger partial charge in [0.25, 0.3) is 0 Å². The molecule has 8 heteroatoms. The standard InChI is InChI=1S/C22H33N7O/c30-22(19-29-21(23-24-25-29)18-27-11-4-5-12-27)28-15-7-14-26(16-17-28)13-6-10-20-8-2-1-3-9-20/h1-3,8-9H,4-7,10-19H2. The summed E-state index contributed by atoms with van der Waals surface area (Å²) in [7, 11) is 0. The van der Waals surface area contributed by atoms with Crippen LogP contribution in [0.4, 0.5) is 0 Å². The lowest BCUT2D eigenvalue weighted by Crippen LogP contribution is -2.38. The molecule has 8 nitrogen and oxygen atoms in total. The summed E-state index contributed by atoms with van der Waals surface area (Å²) in [6, 6.07) is 10.7. The minimum absolute atomic E-state index is 0.121. The third-order valence-corrected chi connectivity index (χ3v) is 6.18. The molecule has 2 aliphatic rings. The molecule has 2 aliphatic heterocycles. The van der Waals surface area contributed by atoms with Crippen molar-refractivity contribution >= 4 is 5.91 Å². The molecule has 30 heavy (non-hydrogen) atoms. The van der Waals surface area contributed by atoms with Crippen LogP contribution in [-0.4, -0.2) is 86.6 Å². The van der Waals surface area contributed by atoms with Crippen LogP contribution in [0, 0.1) is 0 Å². The van der Waals surface area contributed by atoms with Crippen LogP contribution in [-0.2, 0) is 24.3 Å². The van der Waals surface area contributed by atoms with Crippen molar-refractivity contribution in [1.82, 2.24) is 34.9 Å². The Morgan fingerprint density at radius 1 is 0.900 bits per heavy atom. The summed E-state index contributed by atoms with van der Waals surface area (Å²) in [6.45, 7) is 7.84. The molecule has 3 heterocycles. The normalized spacial score (nSPS) is 18.6. The van der Waals surface area contributed by atoms with Gasteiger partial charge in [0.2, 0.25) is 5.91 Å². The van der Waals surface area contributed by atoms with Crippen molar-refractivity contribution in [3.05, 3.63) is 41.7 Å². The molecule has 0 spiro atoms. The number of tetrazole rings is 1. The molecule has 1 aromatic heterocycles. The van der Waals surface area contributed by atoms with Gasteiger partial charge in [0.15, 0.2) is 5.82 Å². The summed E-state index contributed by atoms with van der Waals surface area (Å²) >= 11 is 0. The van der Waals surface area contributed by atoms with Gasteiger partial charge in [-0.05, 0) is 74.3 Å². The van der Waals surface area contributed by atoms with Gasteiger partial charge in [-0.3, -0.25) is 9.69 Å². The highest BCUT2D eigenvalue weighted by atomic mass is 16.2. The Balaban J connectivity index is 1.22. The second-order valence-electron chi connectivity index (χ2n) is 8.40. The van der Waals surface area contributed by atoms with E-state index in [2.05, 4.69) is 55.7 Å². The number of rotatable bonds is 8. The third-order valence-electron chi connectivity index (χ3n) is 6.18. The van der Waals surface area contributed by atoms with Crippen LogP contribution in [0.25, 0.3) is 0 Å². The van der Waals surface area contributed by atoms with E-state index in [0.717, 1.165) is 77.4 Å². The number of hydrogen-bond acceptors (Lipinski definition) is 6. The summed E-state index contributed by atoms with van der Waals surface area (Å²) in [5.41, 5.74) is 1.40. The maximum Gasteiger partial charge on any atom is 0.244 e. The van der Waals surface area contributed by atoms with E-state index in [4.69, 9.17) is 0 Å². The quantitative estimate of drug-likeness (QED) is 0.655. The van der Waals surface area contributed by atoms with Gasteiger partial charge < -0.3 is 9.80 Å². The van der Waals surface area contributed by atoms with E-state index in [9.17, 15) is 4.79 Å². The maximum atomic E-state index is 12.9. The zero-order valence-electron chi connectivity index (χ0n) is 17.8. The van der Waals surface area contributed by atoms with Gasteiger partial charge in [-0.1, -0.05) is 30.3 Å². The monoisotopic (exact) mass is 411 g/mol. The molecular formula is C22H33N7O. The molecule has 0 saturated carbocycles. The molecule has 0 bridgehead atoms. The molecule has 1 aromatic carbocycles. The second kappa shape index (κ2) is 10.6. The first kappa shape index (κ1) is 20.9. The van der Waals surface area contributed by atoms with Crippen LogP contribution in [0.2, 0.25) is 0 Å². The van der Waals surface area contributed by atoms with Crippen LogP contribution in [0.3, 0.4) is 0 Å². The SMILES string of the molecule is O=C(Cn1nnnc1CN1CCCC1)N1CCCN(CCCc2ccccc2)CC1. The fourth-order valence-electron chi connectivity index (χ4n) is 4.42. The zero-order chi connectivity index (χ0) is 20.6. The Morgan fingerprint density at radius 3 is 2.53 bits per heavy atom. The fraction of sp³-hybridized carbons (Fsp3) is 0.636. The van der Waals surface area contributed by atoms with Crippen molar-refractivity contribution in [3.8, 4) is 0 Å². The van der Waals surface area contributed by atoms with E-state index >= 15 is 0 Å². The average Bonchev–Trinajstić information content (AvgIpc) is 3.37. The van der Waals surface area contributed by atoms with Crippen molar-refractivity contribution in [2.24, 2.45) is 0 Å². The summed E-state index contributed by atoms with van der Waals surface area (Å²) in [5.74, 6) is 0.915. The fourth-order valence-corrected chi connectivity index (χ4v) is 4.42. The van der Waals surface area contributed by atoms with Gasteiger partial charge in [0, 0.05) is 19.6 Å². The second-order valence-corrected chi connectivity index (χ2v) is 8.40. The average molecular weight is 412 g/mol. The van der Waals surface area contributed by atoms with E-state index in [-0.39, 0.29) is 12.5 Å². The molecule has 4 rings (SSSR count). The highest BCUT2D eigenvalue weighted by Gasteiger charge is 2.22. The van der Waals surface area contributed by atoms with E-state index in [0.29, 0.717) is 0 Å². The highest BCUT2D eigenvalue weighted by Crippen LogP contribution is 2.12. The first-order chi connectivity index (χ1) is 14.8. The molecule has 2 fully saturated rings. The molecule has 2 saturated heterocycles. The van der Waals surface area contributed by atoms with Crippen LogP contribution in [0.5, 0.6) is 0 Å². The Labute approximate surface area is 178 Å². The summed E-state index contributed by atoms with van der Waals surface area (Å²) in [6.07, 6.45) is 5.75. The number of aryl methyl sites for hydroxylation is 1. The highest BCUT2D eigenvalue weighted by molar-refractivity contribution is 5.76. The molecule has 0 atom stereocenters. The lowest BCUT2D eigenvalue weighted by Gasteiger charge is -2.22. The van der Waals surface area contributed by atoms with Gasteiger partial charge >= 0.3 is 0 Å². The maximum absolute atomic E-state index is 12.9. The van der Waals surface area contributed by atoms with Crippen LogP contribution in [0.15, 0.2) is 30.3 Å². The predicted octanol–water partition coefficient (Wildman–Crippen LogP) is 1.44. The van der Waals surface area contributed by atoms with E-state index in [1.54, 1.807) is 4.68 Å². The van der Waals surface area contributed by atoms with Gasteiger partial charge in [-0.25, -0.2) is 4.68 Å². The number of amides is 1. The molecule has 1 amide bonds. The van der Waals surface area contributed by atoms with Crippen molar-refractivity contribution in [2.75, 3.05) is 45.8 Å². The van der Waals surface area contributed by atoms with Crippen molar-refractivity contribution in [1.29, 1.82) is 0 Å². The molecule has 2 aromatic rings. The van der Waals surface area contributed by atoms with Crippen LogP contribution < -0.4 is 0 Å². The molecule has 0 unspecified atom stereocenters. The molecule has 162 valence electrons. The van der Waals surface area contributed by atoms with Crippen molar-refractivity contribution < 1.29 is 4.79 Å².